The zero-order valence-electron chi connectivity index (χ0n) is 14.1. The van der Waals surface area contributed by atoms with Crippen molar-refractivity contribution in [2.75, 3.05) is 0 Å². The van der Waals surface area contributed by atoms with Crippen LogP contribution >= 0.6 is 0 Å². The monoisotopic (exact) mass is 340 g/mol. The second-order valence-electron chi connectivity index (χ2n) is 4.27. The number of carbonyl (C=O) groups excluding carboxylic acids is 4. The van der Waals surface area contributed by atoms with Crippen molar-refractivity contribution in [2.45, 2.75) is 27.7 Å². The topological polar surface area (TPSA) is 161 Å². The van der Waals surface area contributed by atoms with E-state index in [0.717, 1.165) is 0 Å². The largest absolute Gasteiger partial charge is 0.545 e. The maximum atomic E-state index is 9.49. The summed E-state index contributed by atoms with van der Waals surface area (Å²) < 4.78 is 0. The molecule has 0 radical (unpaired) electrons. The van der Waals surface area contributed by atoms with E-state index in [1.165, 1.54) is 27.7 Å². The van der Waals surface area contributed by atoms with Crippen LogP contribution in [0.3, 0.4) is 0 Å². The average Bonchev–Trinajstić information content (AvgIpc) is 2.40. The Balaban J connectivity index is -0.000000111. The third kappa shape index (κ3) is 36.4. The molecule has 0 saturated heterocycles. The van der Waals surface area contributed by atoms with E-state index in [2.05, 4.69) is 26.3 Å². The van der Waals surface area contributed by atoms with Gasteiger partial charge in [-0.2, -0.15) is 0 Å². The van der Waals surface area contributed by atoms with Crippen LogP contribution in [0.25, 0.3) is 0 Å². The van der Waals surface area contributed by atoms with Crippen molar-refractivity contribution in [1.82, 2.24) is 0 Å². The first kappa shape index (κ1) is 28.9. The second kappa shape index (κ2) is 16.2. The molecular weight excluding hydrogens is 320 g/mol. The van der Waals surface area contributed by atoms with E-state index < -0.39 is 23.9 Å². The molecule has 136 valence electrons. The predicted molar refractivity (Wildman–Crippen MR) is 79.3 cm³/mol. The van der Waals surface area contributed by atoms with Gasteiger partial charge in [0.15, 0.2) is 0 Å². The normalized spacial score (nSPS) is 7.50. The summed E-state index contributed by atoms with van der Waals surface area (Å²) in [4.78, 5) is 38.0. The highest BCUT2D eigenvalue weighted by atomic mass is 16.4. The zero-order valence-corrected chi connectivity index (χ0v) is 14.1. The molecule has 0 aromatic carbocycles. The molecule has 8 nitrogen and oxygen atoms in total. The molecule has 0 aromatic rings. The number of carbonyl (C=O) groups is 4. The van der Waals surface area contributed by atoms with E-state index in [1.807, 2.05) is 0 Å². The van der Waals surface area contributed by atoms with Gasteiger partial charge in [-0.25, -0.2) is 0 Å². The van der Waals surface area contributed by atoms with Crippen LogP contribution in [-0.4, -0.2) is 23.9 Å². The van der Waals surface area contributed by atoms with Gasteiger partial charge in [0.1, 0.15) is 0 Å². The lowest BCUT2D eigenvalue weighted by atomic mass is 10.4. The highest BCUT2D eigenvalue weighted by Crippen LogP contribution is 1.78. The minimum absolute atomic E-state index is 0.0648. The summed E-state index contributed by atoms with van der Waals surface area (Å²) >= 11 is 0. The fourth-order valence-corrected chi connectivity index (χ4v) is 0. The highest BCUT2D eigenvalue weighted by Gasteiger charge is 1.77. The Morgan fingerprint density at radius 1 is 0.458 bits per heavy atom. The van der Waals surface area contributed by atoms with Gasteiger partial charge in [0.25, 0.3) is 0 Å². The van der Waals surface area contributed by atoms with Crippen LogP contribution < -0.4 is 20.4 Å². The number of carboxylic acid groups (broad SMARTS) is 4. The van der Waals surface area contributed by atoms with Gasteiger partial charge >= 0.3 is 0 Å². The Labute approximate surface area is 140 Å². The molecule has 0 atom stereocenters. The summed E-state index contributed by atoms with van der Waals surface area (Å²) in [6.45, 7) is 17.9. The molecule has 0 saturated carbocycles. The van der Waals surface area contributed by atoms with E-state index >= 15 is 0 Å². The Bertz CT molecular complexity index is 382. The number of rotatable bonds is 4. The number of aliphatic carboxylic acids is 4. The van der Waals surface area contributed by atoms with Crippen molar-refractivity contribution in [2.24, 2.45) is 0 Å². The lowest BCUT2D eigenvalue weighted by Crippen LogP contribution is -2.22. The molecule has 0 N–H and O–H groups in total. The van der Waals surface area contributed by atoms with Crippen LogP contribution in [0.5, 0.6) is 0 Å². The van der Waals surface area contributed by atoms with Gasteiger partial charge in [-0.3, -0.25) is 0 Å². The van der Waals surface area contributed by atoms with Gasteiger partial charge in [-0.05, 0) is 50.0 Å². The van der Waals surface area contributed by atoms with Crippen molar-refractivity contribution in [1.29, 1.82) is 0 Å². The quantitative estimate of drug-likeness (QED) is 0.497. The molecule has 0 rings (SSSR count). The Morgan fingerprint density at radius 3 is 0.500 bits per heavy atom. The van der Waals surface area contributed by atoms with Gasteiger partial charge in [-0.1, -0.05) is 26.3 Å². The molecule has 8 heteroatoms. The number of carboxylic acids is 4. The maximum Gasteiger partial charge on any atom is 0.0666 e. The molecule has 0 spiro atoms. The first-order valence-electron chi connectivity index (χ1n) is 6.05. The van der Waals surface area contributed by atoms with Gasteiger partial charge in [0, 0.05) is 0 Å². The van der Waals surface area contributed by atoms with Crippen LogP contribution in [0.2, 0.25) is 0 Å². The molecule has 0 aliphatic heterocycles. The van der Waals surface area contributed by atoms with Gasteiger partial charge in [-0.15, -0.1) is 0 Å². The van der Waals surface area contributed by atoms with E-state index in [9.17, 15) is 39.6 Å². The molecule has 0 aliphatic carbocycles. The van der Waals surface area contributed by atoms with Gasteiger partial charge in [0.05, 0.1) is 23.9 Å². The molecule has 0 unspecified atom stereocenters. The molecule has 24 heavy (non-hydrogen) atoms. The standard InChI is InChI=1S/4C4H6O2/c4*1-3(2)4(5)6/h4*1H2,2H3,(H,5,6)/p-4. The minimum Gasteiger partial charge on any atom is -0.545 e. The van der Waals surface area contributed by atoms with Crippen LogP contribution in [0.1, 0.15) is 27.7 Å². The van der Waals surface area contributed by atoms with Crippen LogP contribution in [0, 0.1) is 0 Å². The summed E-state index contributed by atoms with van der Waals surface area (Å²) in [6.07, 6.45) is 0. The van der Waals surface area contributed by atoms with Crippen molar-refractivity contribution >= 4 is 23.9 Å². The Hall–Kier alpha value is -3.16. The summed E-state index contributed by atoms with van der Waals surface area (Å²) in [5.41, 5.74) is 0.259. The first-order valence-corrected chi connectivity index (χ1v) is 6.05. The third-order valence-electron chi connectivity index (χ3n) is 1.39. The van der Waals surface area contributed by atoms with E-state index in [4.69, 9.17) is 0 Å². The van der Waals surface area contributed by atoms with Crippen LogP contribution in [0.15, 0.2) is 48.6 Å². The second-order valence-corrected chi connectivity index (χ2v) is 4.27. The Morgan fingerprint density at radius 2 is 0.500 bits per heavy atom. The maximum absolute atomic E-state index is 9.49. The van der Waals surface area contributed by atoms with E-state index in [-0.39, 0.29) is 22.3 Å². The Kier molecular flexibility index (Phi) is 19.5. The lowest BCUT2D eigenvalue weighted by molar-refractivity contribution is -0.300. The van der Waals surface area contributed by atoms with Crippen molar-refractivity contribution < 1.29 is 39.6 Å². The third-order valence-corrected chi connectivity index (χ3v) is 1.39. The van der Waals surface area contributed by atoms with E-state index in [1.54, 1.807) is 0 Å². The minimum atomic E-state index is -1.19. The zero-order chi connectivity index (χ0) is 20.6. The average molecular weight is 340 g/mol. The molecule has 0 heterocycles. The van der Waals surface area contributed by atoms with Crippen molar-refractivity contribution in [3.8, 4) is 0 Å². The van der Waals surface area contributed by atoms with Crippen molar-refractivity contribution in [3.05, 3.63) is 48.6 Å². The molecular formula is C16H20O8-4. The predicted octanol–water partition coefficient (Wildman–Crippen LogP) is -2.75. The first-order chi connectivity index (χ1) is 10.6. The van der Waals surface area contributed by atoms with E-state index in [0.29, 0.717) is 0 Å². The summed E-state index contributed by atoms with van der Waals surface area (Å²) in [7, 11) is 0. The van der Waals surface area contributed by atoms with Gasteiger partial charge < -0.3 is 39.6 Å². The summed E-state index contributed by atoms with van der Waals surface area (Å²) in [6, 6.07) is 0. The van der Waals surface area contributed by atoms with Gasteiger partial charge in [0.2, 0.25) is 0 Å². The SMILES string of the molecule is C=C(C)C(=O)[O-].C=C(C)C(=O)[O-].C=C(C)C(=O)[O-].C=C(C)C(=O)[O-]. The van der Waals surface area contributed by atoms with Crippen molar-refractivity contribution in [3.63, 3.8) is 0 Å². The fraction of sp³-hybridized carbons (Fsp3) is 0.250. The molecule has 0 bridgehead atoms. The fourth-order valence-electron chi connectivity index (χ4n) is 0. The molecule has 0 aromatic heterocycles. The summed E-state index contributed by atoms with van der Waals surface area (Å²) in [5.74, 6) is -4.74. The van der Waals surface area contributed by atoms with Crippen LogP contribution in [0.4, 0.5) is 0 Å². The lowest BCUT2D eigenvalue weighted by Gasteiger charge is -1.93. The summed E-state index contributed by atoms with van der Waals surface area (Å²) in [5, 5.41) is 38.0. The molecule has 0 aliphatic rings. The highest BCUT2D eigenvalue weighted by molar-refractivity contribution is 5.83. The number of hydrogen-bond acceptors (Lipinski definition) is 8. The molecule has 0 fully saturated rings. The number of hydrogen-bond donors (Lipinski definition) is 0. The molecule has 0 amide bonds. The van der Waals surface area contributed by atoms with Crippen LogP contribution in [-0.2, 0) is 19.2 Å². The smallest absolute Gasteiger partial charge is 0.0666 e.